The minimum Gasteiger partial charge on any atom is -0.338 e. The molecule has 9 heteroatoms. The van der Waals surface area contributed by atoms with Gasteiger partial charge in [0.25, 0.3) is 0 Å². The molecule has 0 atom stereocenters. The summed E-state index contributed by atoms with van der Waals surface area (Å²) in [7, 11) is 0. The molecule has 0 aromatic carbocycles. The SMILES string of the molecule is CC(C)(N)c1noc(CSc2n[nH]c(=O)n2C2CC2)n1. The van der Waals surface area contributed by atoms with Crippen molar-refractivity contribution >= 4 is 11.8 Å². The quantitative estimate of drug-likeness (QED) is 0.783. The van der Waals surface area contributed by atoms with E-state index in [1.165, 1.54) is 11.8 Å². The highest BCUT2D eigenvalue weighted by Crippen LogP contribution is 2.36. The summed E-state index contributed by atoms with van der Waals surface area (Å²) < 4.78 is 6.84. The molecule has 0 bridgehead atoms. The summed E-state index contributed by atoms with van der Waals surface area (Å²) >= 11 is 1.40. The van der Waals surface area contributed by atoms with Crippen molar-refractivity contribution in [2.24, 2.45) is 5.73 Å². The number of nitrogens with zero attached hydrogens (tertiary/aromatic N) is 4. The highest BCUT2D eigenvalue weighted by Gasteiger charge is 2.29. The molecule has 0 saturated heterocycles. The van der Waals surface area contributed by atoms with Crippen molar-refractivity contribution in [3.05, 3.63) is 22.2 Å². The van der Waals surface area contributed by atoms with Gasteiger partial charge in [0.15, 0.2) is 11.0 Å². The van der Waals surface area contributed by atoms with Gasteiger partial charge in [-0.3, -0.25) is 4.57 Å². The second-order valence-electron chi connectivity index (χ2n) is 5.43. The number of aromatic nitrogens is 5. The fourth-order valence-electron chi connectivity index (χ4n) is 1.75. The summed E-state index contributed by atoms with van der Waals surface area (Å²) in [5.74, 6) is 1.40. The molecule has 2 aromatic heterocycles. The van der Waals surface area contributed by atoms with E-state index in [-0.39, 0.29) is 11.7 Å². The molecule has 0 amide bonds. The molecule has 0 radical (unpaired) electrons. The predicted octanol–water partition coefficient (Wildman–Crippen LogP) is 0.775. The third-order valence-electron chi connectivity index (χ3n) is 2.95. The molecule has 8 nitrogen and oxygen atoms in total. The van der Waals surface area contributed by atoms with Gasteiger partial charge in [-0.2, -0.15) is 4.98 Å². The molecule has 0 spiro atoms. The van der Waals surface area contributed by atoms with E-state index in [4.69, 9.17) is 10.3 Å². The molecule has 0 aliphatic heterocycles. The molecule has 1 aliphatic carbocycles. The zero-order valence-electron chi connectivity index (χ0n) is 11.3. The van der Waals surface area contributed by atoms with Crippen molar-refractivity contribution in [1.29, 1.82) is 0 Å². The van der Waals surface area contributed by atoms with E-state index < -0.39 is 5.54 Å². The Kier molecular flexibility index (Phi) is 3.17. The molecule has 1 fully saturated rings. The first kappa shape index (κ1) is 13.4. The van der Waals surface area contributed by atoms with Crippen LogP contribution in [-0.2, 0) is 11.3 Å². The standard InChI is InChI=1S/C11H16N6O2S/c1-11(2,12)8-13-7(19-16-8)5-20-10-15-14-9(18)17(10)6-3-4-6/h6H,3-5,12H2,1-2H3,(H,14,18). The van der Waals surface area contributed by atoms with E-state index in [2.05, 4.69) is 20.3 Å². The summed E-state index contributed by atoms with van der Waals surface area (Å²) in [4.78, 5) is 15.9. The number of hydrogen-bond acceptors (Lipinski definition) is 7. The first-order chi connectivity index (χ1) is 9.45. The Hall–Kier alpha value is -1.61. The van der Waals surface area contributed by atoms with Crippen molar-refractivity contribution in [1.82, 2.24) is 24.9 Å². The predicted molar refractivity (Wildman–Crippen MR) is 72.2 cm³/mol. The lowest BCUT2D eigenvalue weighted by atomic mass is 10.1. The smallest absolute Gasteiger partial charge is 0.338 e. The van der Waals surface area contributed by atoms with Gasteiger partial charge in [0.05, 0.1) is 11.3 Å². The summed E-state index contributed by atoms with van der Waals surface area (Å²) in [6.07, 6.45) is 2.05. The van der Waals surface area contributed by atoms with Gasteiger partial charge in [0.2, 0.25) is 5.89 Å². The third kappa shape index (κ3) is 2.63. The molecular formula is C11H16N6O2S. The zero-order valence-corrected chi connectivity index (χ0v) is 12.1. The molecule has 1 saturated carbocycles. The summed E-state index contributed by atoms with van der Waals surface area (Å²) in [5, 5.41) is 11.0. The largest absolute Gasteiger partial charge is 0.344 e. The van der Waals surface area contributed by atoms with Crippen LogP contribution in [0.1, 0.15) is 44.4 Å². The first-order valence-electron chi connectivity index (χ1n) is 6.37. The zero-order chi connectivity index (χ0) is 14.3. The molecular weight excluding hydrogens is 280 g/mol. The summed E-state index contributed by atoms with van der Waals surface area (Å²) in [5.41, 5.74) is 5.11. The fraction of sp³-hybridized carbons (Fsp3) is 0.636. The van der Waals surface area contributed by atoms with Gasteiger partial charge in [0, 0.05) is 6.04 Å². The van der Waals surface area contributed by atoms with Gasteiger partial charge in [-0.15, -0.1) is 5.10 Å². The van der Waals surface area contributed by atoms with Crippen molar-refractivity contribution in [2.45, 2.75) is 49.2 Å². The van der Waals surface area contributed by atoms with Gasteiger partial charge < -0.3 is 10.3 Å². The first-order valence-corrected chi connectivity index (χ1v) is 7.35. The van der Waals surface area contributed by atoms with Crippen molar-refractivity contribution in [3.8, 4) is 0 Å². The lowest BCUT2D eigenvalue weighted by Gasteiger charge is -2.11. The van der Waals surface area contributed by atoms with Gasteiger partial charge >= 0.3 is 5.69 Å². The normalized spacial score (nSPS) is 15.8. The number of aromatic amines is 1. The minimum absolute atomic E-state index is 0.163. The van der Waals surface area contributed by atoms with Crippen LogP contribution in [0.15, 0.2) is 14.5 Å². The lowest BCUT2D eigenvalue weighted by molar-refractivity contribution is 0.369. The third-order valence-corrected chi connectivity index (χ3v) is 3.89. The van der Waals surface area contributed by atoms with Crippen LogP contribution in [0.5, 0.6) is 0 Å². The Bertz CT molecular complexity index is 663. The number of rotatable bonds is 5. The van der Waals surface area contributed by atoms with Crippen LogP contribution in [0.2, 0.25) is 0 Å². The molecule has 2 aromatic rings. The second kappa shape index (κ2) is 4.74. The maximum Gasteiger partial charge on any atom is 0.344 e. The Morgan fingerprint density at radius 2 is 2.30 bits per heavy atom. The fourth-order valence-corrected chi connectivity index (χ4v) is 2.60. The van der Waals surface area contributed by atoms with Crippen LogP contribution in [0.25, 0.3) is 0 Å². The van der Waals surface area contributed by atoms with Crippen molar-refractivity contribution in [2.75, 3.05) is 0 Å². The molecule has 2 heterocycles. The number of H-pyrrole nitrogens is 1. The van der Waals surface area contributed by atoms with E-state index in [1.54, 1.807) is 4.57 Å². The number of nitrogens with two attached hydrogens (primary N) is 1. The van der Waals surface area contributed by atoms with Crippen LogP contribution >= 0.6 is 11.8 Å². The van der Waals surface area contributed by atoms with E-state index in [1.807, 2.05) is 13.8 Å². The molecule has 108 valence electrons. The topological polar surface area (TPSA) is 116 Å². The van der Waals surface area contributed by atoms with Crippen molar-refractivity contribution < 1.29 is 4.52 Å². The maximum atomic E-state index is 11.6. The average Bonchev–Trinajstić information content (AvgIpc) is 2.95. The Labute approximate surface area is 119 Å². The average molecular weight is 296 g/mol. The number of nitrogens with one attached hydrogen (secondary N) is 1. The molecule has 0 unspecified atom stereocenters. The van der Waals surface area contributed by atoms with E-state index >= 15 is 0 Å². The Balaban J connectivity index is 1.71. The molecule has 20 heavy (non-hydrogen) atoms. The van der Waals surface area contributed by atoms with Crippen LogP contribution < -0.4 is 11.4 Å². The summed E-state index contributed by atoms with van der Waals surface area (Å²) in [6, 6.07) is 0.282. The van der Waals surface area contributed by atoms with Crippen molar-refractivity contribution in [3.63, 3.8) is 0 Å². The highest BCUT2D eigenvalue weighted by molar-refractivity contribution is 7.98. The van der Waals surface area contributed by atoms with Gasteiger partial charge in [-0.25, -0.2) is 9.89 Å². The second-order valence-corrected chi connectivity index (χ2v) is 6.38. The monoisotopic (exact) mass is 296 g/mol. The lowest BCUT2D eigenvalue weighted by Crippen LogP contribution is -2.30. The van der Waals surface area contributed by atoms with E-state index in [0.717, 1.165) is 12.8 Å². The van der Waals surface area contributed by atoms with Crippen LogP contribution in [-0.4, -0.2) is 24.9 Å². The van der Waals surface area contributed by atoms with Crippen LogP contribution in [0.4, 0.5) is 0 Å². The highest BCUT2D eigenvalue weighted by atomic mass is 32.2. The van der Waals surface area contributed by atoms with Gasteiger partial charge in [0.1, 0.15) is 0 Å². The van der Waals surface area contributed by atoms with Gasteiger partial charge in [-0.05, 0) is 26.7 Å². The molecule has 3 rings (SSSR count). The minimum atomic E-state index is -0.630. The summed E-state index contributed by atoms with van der Waals surface area (Å²) in [6.45, 7) is 3.63. The Morgan fingerprint density at radius 3 is 2.90 bits per heavy atom. The maximum absolute atomic E-state index is 11.6. The number of thioether (sulfide) groups is 1. The van der Waals surface area contributed by atoms with E-state index in [9.17, 15) is 4.79 Å². The Morgan fingerprint density at radius 1 is 1.55 bits per heavy atom. The van der Waals surface area contributed by atoms with Gasteiger partial charge in [-0.1, -0.05) is 16.9 Å². The molecule has 1 aliphatic rings. The molecule has 3 N–H and O–H groups in total. The van der Waals surface area contributed by atoms with Crippen LogP contribution in [0.3, 0.4) is 0 Å². The number of hydrogen-bond donors (Lipinski definition) is 2. The van der Waals surface area contributed by atoms with E-state index in [0.29, 0.717) is 22.6 Å². The van der Waals surface area contributed by atoms with Crippen LogP contribution in [0, 0.1) is 0 Å².